The average molecular weight is 264 g/mol. The molecule has 0 unspecified atom stereocenters. The Morgan fingerprint density at radius 3 is 2.89 bits per heavy atom. The number of hydrogen-bond donors (Lipinski definition) is 1. The molecule has 0 atom stereocenters. The molecule has 104 valence electrons. The van der Waals surface area contributed by atoms with Crippen molar-refractivity contribution in [3.05, 3.63) is 18.2 Å². The third-order valence-electron chi connectivity index (χ3n) is 3.15. The maximum absolute atomic E-state index is 11.2. The zero-order valence-electron chi connectivity index (χ0n) is 11.4. The molecule has 1 aromatic carbocycles. The Balaban J connectivity index is 1.91. The van der Waals surface area contributed by atoms with E-state index < -0.39 is 0 Å². The molecule has 19 heavy (non-hydrogen) atoms. The van der Waals surface area contributed by atoms with Crippen molar-refractivity contribution in [2.24, 2.45) is 0 Å². The Hall–Kier alpha value is -1.75. The summed E-state index contributed by atoms with van der Waals surface area (Å²) >= 11 is 0. The molecule has 0 saturated carbocycles. The first-order valence-electron chi connectivity index (χ1n) is 6.64. The molecule has 0 saturated heterocycles. The molecule has 0 aromatic heterocycles. The van der Waals surface area contributed by atoms with Gasteiger partial charge < -0.3 is 19.7 Å². The lowest BCUT2D eigenvalue weighted by Gasteiger charge is -2.20. The van der Waals surface area contributed by atoms with E-state index in [2.05, 4.69) is 24.1 Å². The molecule has 1 N–H and O–H groups in total. The second kappa shape index (κ2) is 6.43. The van der Waals surface area contributed by atoms with Crippen LogP contribution in [0.2, 0.25) is 0 Å². The van der Waals surface area contributed by atoms with Crippen LogP contribution in [0.3, 0.4) is 0 Å². The molecule has 1 aliphatic heterocycles. The summed E-state index contributed by atoms with van der Waals surface area (Å²) in [4.78, 5) is 13.5. The quantitative estimate of drug-likeness (QED) is 0.850. The highest BCUT2D eigenvalue weighted by molar-refractivity contribution is 5.95. The van der Waals surface area contributed by atoms with Gasteiger partial charge in [-0.15, -0.1) is 0 Å². The molecule has 2 rings (SSSR count). The lowest BCUT2D eigenvalue weighted by atomic mass is 10.2. The van der Waals surface area contributed by atoms with E-state index in [0.29, 0.717) is 18.0 Å². The highest BCUT2D eigenvalue weighted by atomic mass is 16.5. The van der Waals surface area contributed by atoms with Crippen LogP contribution in [0.25, 0.3) is 0 Å². The SMILES string of the molecule is CCN(CC)CCOc1ccc2c(c1)NC(=O)CO2. The van der Waals surface area contributed by atoms with Crippen LogP contribution in [0, 0.1) is 0 Å². The largest absolute Gasteiger partial charge is 0.492 e. The van der Waals surface area contributed by atoms with Crippen LogP contribution in [0.1, 0.15) is 13.8 Å². The molecule has 0 bridgehead atoms. The number of ether oxygens (including phenoxy) is 2. The van der Waals surface area contributed by atoms with Gasteiger partial charge in [0, 0.05) is 12.6 Å². The molecule has 5 heteroatoms. The molecule has 0 fully saturated rings. The molecule has 1 amide bonds. The van der Waals surface area contributed by atoms with Crippen LogP contribution in [0.15, 0.2) is 18.2 Å². The first-order chi connectivity index (χ1) is 9.22. The molecule has 1 heterocycles. The predicted octanol–water partition coefficient (Wildman–Crippen LogP) is 1.74. The number of carbonyl (C=O) groups excluding carboxylic acids is 1. The normalized spacial score (nSPS) is 13.7. The van der Waals surface area contributed by atoms with Crippen LogP contribution >= 0.6 is 0 Å². The van der Waals surface area contributed by atoms with Gasteiger partial charge in [-0.1, -0.05) is 13.8 Å². The highest BCUT2D eigenvalue weighted by Crippen LogP contribution is 2.31. The van der Waals surface area contributed by atoms with Crippen LogP contribution in [-0.2, 0) is 4.79 Å². The van der Waals surface area contributed by atoms with Gasteiger partial charge in [0.05, 0.1) is 5.69 Å². The van der Waals surface area contributed by atoms with Crippen molar-refractivity contribution in [1.29, 1.82) is 0 Å². The van der Waals surface area contributed by atoms with Crippen molar-refractivity contribution in [2.75, 3.05) is 38.2 Å². The first kappa shape index (κ1) is 13.7. The van der Waals surface area contributed by atoms with Gasteiger partial charge in [-0.2, -0.15) is 0 Å². The topological polar surface area (TPSA) is 50.8 Å². The van der Waals surface area contributed by atoms with Crippen LogP contribution in [0.4, 0.5) is 5.69 Å². The molecule has 5 nitrogen and oxygen atoms in total. The van der Waals surface area contributed by atoms with Gasteiger partial charge in [0.1, 0.15) is 18.1 Å². The molecule has 1 aliphatic rings. The van der Waals surface area contributed by atoms with Crippen molar-refractivity contribution >= 4 is 11.6 Å². The fraction of sp³-hybridized carbons (Fsp3) is 0.500. The van der Waals surface area contributed by atoms with Gasteiger partial charge in [0.25, 0.3) is 5.91 Å². The van der Waals surface area contributed by atoms with Gasteiger partial charge >= 0.3 is 0 Å². The van der Waals surface area contributed by atoms with E-state index >= 15 is 0 Å². The summed E-state index contributed by atoms with van der Waals surface area (Å²) in [6.45, 7) is 7.92. The van der Waals surface area contributed by atoms with Crippen molar-refractivity contribution < 1.29 is 14.3 Å². The predicted molar refractivity (Wildman–Crippen MR) is 73.8 cm³/mol. The van der Waals surface area contributed by atoms with Crippen molar-refractivity contribution in [3.63, 3.8) is 0 Å². The highest BCUT2D eigenvalue weighted by Gasteiger charge is 2.16. The number of carbonyl (C=O) groups is 1. The third-order valence-corrected chi connectivity index (χ3v) is 3.15. The zero-order valence-corrected chi connectivity index (χ0v) is 11.4. The number of nitrogens with one attached hydrogen (secondary N) is 1. The fourth-order valence-corrected chi connectivity index (χ4v) is 1.98. The molecular formula is C14H20N2O3. The van der Waals surface area contributed by atoms with Gasteiger partial charge in [-0.05, 0) is 25.2 Å². The number of rotatable bonds is 6. The number of benzene rings is 1. The summed E-state index contributed by atoms with van der Waals surface area (Å²) in [5, 5.41) is 2.77. The summed E-state index contributed by atoms with van der Waals surface area (Å²) in [5.41, 5.74) is 0.677. The standard InChI is InChI=1S/C14H20N2O3/c1-3-16(4-2)7-8-18-11-5-6-13-12(9-11)15-14(17)10-19-13/h5-6,9H,3-4,7-8,10H2,1-2H3,(H,15,17). The average Bonchev–Trinajstić information content (AvgIpc) is 2.43. The second-order valence-corrected chi connectivity index (χ2v) is 4.37. The van der Waals surface area contributed by atoms with Crippen molar-refractivity contribution in [1.82, 2.24) is 4.90 Å². The van der Waals surface area contributed by atoms with Gasteiger partial charge in [-0.25, -0.2) is 0 Å². The summed E-state index contributed by atoms with van der Waals surface area (Å²) in [5.74, 6) is 1.31. The minimum Gasteiger partial charge on any atom is -0.492 e. The van der Waals surface area contributed by atoms with Crippen LogP contribution < -0.4 is 14.8 Å². The lowest BCUT2D eigenvalue weighted by Crippen LogP contribution is -2.28. The van der Waals surface area contributed by atoms with Crippen LogP contribution in [0.5, 0.6) is 11.5 Å². The number of likely N-dealkylation sites (N-methyl/N-ethyl adjacent to an activating group) is 1. The molecule has 0 spiro atoms. The minimum absolute atomic E-state index is 0.0785. The number of fused-ring (bicyclic) bond motifs is 1. The van der Waals surface area contributed by atoms with E-state index in [1.54, 1.807) is 6.07 Å². The molecule has 0 aliphatic carbocycles. The molecule has 0 radical (unpaired) electrons. The van der Waals surface area contributed by atoms with E-state index in [9.17, 15) is 4.79 Å². The minimum atomic E-state index is -0.132. The maximum Gasteiger partial charge on any atom is 0.262 e. The summed E-state index contributed by atoms with van der Waals surface area (Å²) in [6.07, 6.45) is 0. The third kappa shape index (κ3) is 3.61. The summed E-state index contributed by atoms with van der Waals surface area (Å²) in [7, 11) is 0. The van der Waals surface area contributed by atoms with E-state index in [-0.39, 0.29) is 12.5 Å². The van der Waals surface area contributed by atoms with Crippen LogP contribution in [-0.4, -0.2) is 43.7 Å². The number of amides is 1. The van der Waals surface area contributed by atoms with Crippen molar-refractivity contribution in [3.8, 4) is 11.5 Å². The summed E-state index contributed by atoms with van der Waals surface area (Å²) in [6, 6.07) is 5.48. The van der Waals surface area contributed by atoms with Gasteiger partial charge in [0.2, 0.25) is 0 Å². The van der Waals surface area contributed by atoms with Crippen molar-refractivity contribution in [2.45, 2.75) is 13.8 Å². The Bertz CT molecular complexity index is 444. The van der Waals surface area contributed by atoms with Gasteiger partial charge in [0.15, 0.2) is 6.61 Å². The van der Waals surface area contributed by atoms with Gasteiger partial charge in [-0.3, -0.25) is 4.79 Å². The van der Waals surface area contributed by atoms with E-state index in [1.807, 2.05) is 12.1 Å². The zero-order chi connectivity index (χ0) is 13.7. The van der Waals surface area contributed by atoms with E-state index in [1.165, 1.54) is 0 Å². The smallest absolute Gasteiger partial charge is 0.262 e. The number of nitrogens with zero attached hydrogens (tertiary/aromatic N) is 1. The molecule has 1 aromatic rings. The number of hydrogen-bond acceptors (Lipinski definition) is 4. The Morgan fingerprint density at radius 1 is 1.37 bits per heavy atom. The monoisotopic (exact) mass is 264 g/mol. The van der Waals surface area contributed by atoms with E-state index in [4.69, 9.17) is 9.47 Å². The Kier molecular flexibility index (Phi) is 4.63. The summed E-state index contributed by atoms with van der Waals surface area (Å²) < 4.78 is 11.0. The number of anilines is 1. The molecular weight excluding hydrogens is 244 g/mol. The Morgan fingerprint density at radius 2 is 2.16 bits per heavy atom. The maximum atomic E-state index is 11.2. The first-order valence-corrected chi connectivity index (χ1v) is 6.64. The lowest BCUT2D eigenvalue weighted by molar-refractivity contribution is -0.118. The Labute approximate surface area is 113 Å². The second-order valence-electron chi connectivity index (χ2n) is 4.37. The van der Waals surface area contributed by atoms with E-state index in [0.717, 1.165) is 25.4 Å². The fourth-order valence-electron chi connectivity index (χ4n) is 1.98.